The van der Waals surface area contributed by atoms with Gasteiger partial charge in [0, 0.05) is 46.8 Å². The number of nitrogens with two attached hydrogens (primary N) is 1. The van der Waals surface area contributed by atoms with Crippen LogP contribution in [0.1, 0.15) is 22.7 Å². The summed E-state index contributed by atoms with van der Waals surface area (Å²) in [6.45, 7) is 0. The summed E-state index contributed by atoms with van der Waals surface area (Å²) in [6, 6.07) is 11.7. The Labute approximate surface area is 179 Å². The highest BCUT2D eigenvalue weighted by Crippen LogP contribution is 2.50. The molecule has 4 aromatic rings. The largest absolute Gasteiger partial charge is 0.493 e. The van der Waals surface area contributed by atoms with E-state index in [-0.39, 0.29) is 5.92 Å². The topological polar surface area (TPSA) is 92.4 Å². The molecule has 156 valence electrons. The Bertz CT molecular complexity index is 1310. The fourth-order valence-corrected chi connectivity index (χ4v) is 4.49. The van der Waals surface area contributed by atoms with Crippen molar-refractivity contribution in [1.29, 1.82) is 0 Å². The van der Waals surface area contributed by atoms with E-state index in [9.17, 15) is 0 Å². The van der Waals surface area contributed by atoms with Crippen LogP contribution in [0.3, 0.4) is 0 Å². The summed E-state index contributed by atoms with van der Waals surface area (Å²) in [5, 5.41) is 0.832. The number of methoxy groups -OCH3 is 3. The lowest BCUT2D eigenvalue weighted by Crippen LogP contribution is -2.18. The summed E-state index contributed by atoms with van der Waals surface area (Å²) >= 11 is 0. The van der Waals surface area contributed by atoms with Crippen molar-refractivity contribution >= 4 is 16.7 Å². The lowest BCUT2D eigenvalue weighted by molar-refractivity contribution is 0.321. The van der Waals surface area contributed by atoms with Crippen LogP contribution in [-0.4, -0.2) is 36.3 Å². The molecule has 0 aliphatic heterocycles. The molecule has 5 rings (SSSR count). The molecule has 3 aromatic heterocycles. The third-order valence-electron chi connectivity index (χ3n) is 5.83. The molecule has 2 N–H and O–H groups in total. The number of aromatic nitrogens is 3. The van der Waals surface area contributed by atoms with Gasteiger partial charge in [-0.25, -0.2) is 4.98 Å². The summed E-state index contributed by atoms with van der Waals surface area (Å²) < 4.78 is 16.9. The Morgan fingerprint density at radius 1 is 0.903 bits per heavy atom. The van der Waals surface area contributed by atoms with Crippen molar-refractivity contribution in [3.8, 4) is 28.5 Å². The standard InChI is InChI=1S/C24H22N4O3/c1-29-18-9-8-13(22(30-2)23(18)31-3)16-12-17-14(6-4-10-26-17)21-19(16)20-15(24(25)28-21)7-5-11-27-20/h4-11,16H,12H2,1-3H3,(H2,25,28). The van der Waals surface area contributed by atoms with Crippen LogP contribution >= 0.6 is 0 Å². The molecule has 1 aliphatic carbocycles. The summed E-state index contributed by atoms with van der Waals surface area (Å²) in [5.41, 5.74) is 11.9. The van der Waals surface area contributed by atoms with E-state index in [1.807, 2.05) is 36.4 Å². The molecular weight excluding hydrogens is 392 g/mol. The van der Waals surface area contributed by atoms with E-state index in [2.05, 4.69) is 4.98 Å². The van der Waals surface area contributed by atoms with E-state index in [1.165, 1.54) is 0 Å². The van der Waals surface area contributed by atoms with Gasteiger partial charge in [0.15, 0.2) is 11.5 Å². The van der Waals surface area contributed by atoms with Crippen molar-refractivity contribution in [1.82, 2.24) is 15.0 Å². The SMILES string of the molecule is COc1ccc(C2Cc3ncccc3-c3nc(N)c4cccnc4c32)c(OC)c1OC. The summed E-state index contributed by atoms with van der Waals surface area (Å²) in [7, 11) is 4.85. The molecule has 0 spiro atoms. The maximum absolute atomic E-state index is 6.33. The fourth-order valence-electron chi connectivity index (χ4n) is 4.49. The first-order valence-electron chi connectivity index (χ1n) is 9.95. The van der Waals surface area contributed by atoms with Gasteiger partial charge in [0.05, 0.1) is 38.2 Å². The third kappa shape index (κ3) is 2.84. The maximum atomic E-state index is 6.33. The Kier molecular flexibility index (Phi) is 4.58. The van der Waals surface area contributed by atoms with Crippen LogP contribution in [-0.2, 0) is 6.42 Å². The Hall–Kier alpha value is -3.87. The van der Waals surface area contributed by atoms with Gasteiger partial charge in [0.1, 0.15) is 5.82 Å². The van der Waals surface area contributed by atoms with Gasteiger partial charge >= 0.3 is 0 Å². The van der Waals surface area contributed by atoms with Crippen LogP contribution in [0.15, 0.2) is 48.8 Å². The molecule has 0 amide bonds. The quantitative estimate of drug-likeness (QED) is 0.540. The second kappa shape index (κ2) is 7.43. The van der Waals surface area contributed by atoms with Gasteiger partial charge in [-0.1, -0.05) is 6.07 Å². The van der Waals surface area contributed by atoms with Crippen LogP contribution in [0.25, 0.3) is 22.2 Å². The highest BCUT2D eigenvalue weighted by atomic mass is 16.5. The van der Waals surface area contributed by atoms with Crippen molar-refractivity contribution < 1.29 is 14.2 Å². The van der Waals surface area contributed by atoms with Gasteiger partial charge in [-0.3, -0.25) is 9.97 Å². The fraction of sp³-hybridized carbons (Fsp3) is 0.208. The molecule has 31 heavy (non-hydrogen) atoms. The van der Waals surface area contributed by atoms with Crippen molar-refractivity contribution in [3.63, 3.8) is 0 Å². The maximum Gasteiger partial charge on any atom is 0.203 e. The molecule has 3 heterocycles. The van der Waals surface area contributed by atoms with Crippen LogP contribution in [0.2, 0.25) is 0 Å². The monoisotopic (exact) mass is 414 g/mol. The minimum atomic E-state index is -0.0994. The second-order valence-electron chi connectivity index (χ2n) is 7.34. The van der Waals surface area contributed by atoms with Gasteiger partial charge in [-0.2, -0.15) is 0 Å². The van der Waals surface area contributed by atoms with Gasteiger partial charge in [0.25, 0.3) is 0 Å². The molecule has 0 fully saturated rings. The van der Waals surface area contributed by atoms with E-state index in [0.29, 0.717) is 29.5 Å². The third-order valence-corrected chi connectivity index (χ3v) is 5.83. The number of benzene rings is 1. The second-order valence-corrected chi connectivity index (χ2v) is 7.34. The van der Waals surface area contributed by atoms with Gasteiger partial charge < -0.3 is 19.9 Å². The highest BCUT2D eigenvalue weighted by Gasteiger charge is 2.34. The predicted molar refractivity (Wildman–Crippen MR) is 119 cm³/mol. The van der Waals surface area contributed by atoms with Crippen LogP contribution in [0, 0.1) is 0 Å². The zero-order valence-electron chi connectivity index (χ0n) is 17.5. The number of nitrogen functional groups attached to an aromatic ring is 1. The minimum absolute atomic E-state index is 0.0994. The van der Waals surface area contributed by atoms with Crippen molar-refractivity contribution in [2.75, 3.05) is 27.1 Å². The molecule has 7 heteroatoms. The summed E-state index contributed by atoms with van der Waals surface area (Å²) in [5.74, 6) is 2.14. The number of hydrogen-bond donors (Lipinski definition) is 1. The first-order valence-corrected chi connectivity index (χ1v) is 9.95. The molecule has 1 unspecified atom stereocenters. The number of fused-ring (bicyclic) bond motifs is 5. The number of anilines is 1. The first kappa shape index (κ1) is 19.1. The minimum Gasteiger partial charge on any atom is -0.493 e. The number of rotatable bonds is 4. The van der Waals surface area contributed by atoms with Gasteiger partial charge in [-0.05, 0) is 30.3 Å². The molecule has 1 aromatic carbocycles. The lowest BCUT2D eigenvalue weighted by atomic mass is 9.78. The van der Waals surface area contributed by atoms with Crippen LogP contribution in [0.4, 0.5) is 5.82 Å². The smallest absolute Gasteiger partial charge is 0.203 e. The zero-order valence-corrected chi connectivity index (χ0v) is 17.5. The highest BCUT2D eigenvalue weighted by molar-refractivity contribution is 5.96. The van der Waals surface area contributed by atoms with E-state index in [1.54, 1.807) is 33.7 Å². The summed E-state index contributed by atoms with van der Waals surface area (Å²) in [6.07, 6.45) is 4.26. The van der Waals surface area contributed by atoms with E-state index in [4.69, 9.17) is 29.9 Å². The molecule has 0 bridgehead atoms. The Morgan fingerprint density at radius 3 is 2.45 bits per heavy atom. The lowest BCUT2D eigenvalue weighted by Gasteiger charge is -2.29. The van der Waals surface area contributed by atoms with Crippen molar-refractivity contribution in [2.24, 2.45) is 0 Å². The van der Waals surface area contributed by atoms with E-state index < -0.39 is 0 Å². The van der Waals surface area contributed by atoms with E-state index >= 15 is 0 Å². The van der Waals surface area contributed by atoms with Crippen LogP contribution < -0.4 is 19.9 Å². The normalized spacial score (nSPS) is 14.6. The van der Waals surface area contributed by atoms with Gasteiger partial charge in [-0.15, -0.1) is 0 Å². The van der Waals surface area contributed by atoms with Crippen LogP contribution in [0.5, 0.6) is 17.2 Å². The number of pyridine rings is 3. The Morgan fingerprint density at radius 2 is 1.68 bits per heavy atom. The molecule has 0 saturated heterocycles. The molecular formula is C24H22N4O3. The van der Waals surface area contributed by atoms with E-state index in [0.717, 1.165) is 39.0 Å². The average molecular weight is 414 g/mol. The Balaban J connectivity index is 1.86. The zero-order chi connectivity index (χ0) is 21.5. The number of hydrogen-bond acceptors (Lipinski definition) is 7. The number of nitrogens with zero attached hydrogens (tertiary/aromatic N) is 3. The molecule has 0 radical (unpaired) electrons. The molecule has 1 aliphatic rings. The predicted octanol–water partition coefficient (Wildman–Crippen LogP) is 3.99. The molecule has 1 atom stereocenters. The number of ether oxygens (including phenoxy) is 3. The average Bonchev–Trinajstić information content (AvgIpc) is 2.82. The molecule has 7 nitrogen and oxygen atoms in total. The van der Waals surface area contributed by atoms with Crippen molar-refractivity contribution in [3.05, 3.63) is 65.6 Å². The molecule has 0 saturated carbocycles. The first-order chi connectivity index (χ1) is 15.2. The summed E-state index contributed by atoms with van der Waals surface area (Å²) in [4.78, 5) is 14.1. The van der Waals surface area contributed by atoms with Gasteiger partial charge in [0.2, 0.25) is 5.75 Å². The van der Waals surface area contributed by atoms with Crippen molar-refractivity contribution in [2.45, 2.75) is 12.3 Å².